The summed E-state index contributed by atoms with van der Waals surface area (Å²) in [6, 6.07) is 2.98. The van der Waals surface area contributed by atoms with E-state index in [1.54, 1.807) is 6.07 Å². The van der Waals surface area contributed by atoms with Crippen molar-refractivity contribution < 1.29 is 44.7 Å². The first-order chi connectivity index (χ1) is 15.1. The number of amides is 2. The third-order valence-electron chi connectivity index (χ3n) is 4.80. The summed E-state index contributed by atoms with van der Waals surface area (Å²) in [7, 11) is 0. The first kappa shape index (κ1) is 27.1. The van der Waals surface area contributed by atoms with Gasteiger partial charge in [0.15, 0.2) is 5.78 Å². The highest BCUT2D eigenvalue weighted by Crippen LogP contribution is 2.25. The van der Waals surface area contributed by atoms with Crippen LogP contribution in [0.2, 0.25) is 0 Å². The highest BCUT2D eigenvalue weighted by atomic mass is 16.4. The number of benzene rings is 1. The molecular weight excluding hydrogens is 428 g/mol. The zero-order valence-corrected chi connectivity index (χ0v) is 16.9. The van der Waals surface area contributed by atoms with Gasteiger partial charge in [0.2, 0.25) is 12.3 Å². The van der Waals surface area contributed by atoms with Crippen LogP contribution < -0.4 is 22.1 Å². The van der Waals surface area contributed by atoms with E-state index in [0.717, 1.165) is 0 Å². The summed E-state index contributed by atoms with van der Waals surface area (Å²) in [4.78, 5) is 46.3. The molecule has 0 aliphatic heterocycles. The SMILES string of the molecule is N[C@H](C(=O)O)C(c1ccccc1)C(O)C(=O)[C@H](O)[C@H](O)[C@H](CO)NC(=O)[C@@H](N)CNC=O. The first-order valence-electron chi connectivity index (χ1n) is 9.51. The molecule has 2 unspecified atom stereocenters. The number of rotatable bonds is 14. The van der Waals surface area contributed by atoms with Gasteiger partial charge in [-0.25, -0.2) is 0 Å². The molecule has 0 bridgehead atoms. The minimum atomic E-state index is -2.32. The molecule has 0 radical (unpaired) electrons. The van der Waals surface area contributed by atoms with Crippen molar-refractivity contribution in [2.75, 3.05) is 13.2 Å². The monoisotopic (exact) mass is 456 g/mol. The van der Waals surface area contributed by atoms with E-state index in [1.165, 1.54) is 24.3 Å². The molecule has 32 heavy (non-hydrogen) atoms. The van der Waals surface area contributed by atoms with Gasteiger partial charge in [0.05, 0.1) is 12.6 Å². The van der Waals surface area contributed by atoms with Crippen LogP contribution >= 0.6 is 0 Å². The minimum absolute atomic E-state index is 0.200. The molecule has 0 aliphatic rings. The van der Waals surface area contributed by atoms with E-state index >= 15 is 0 Å². The topological polar surface area (TPSA) is 246 Å². The van der Waals surface area contributed by atoms with Crippen LogP contribution in [0, 0.1) is 0 Å². The van der Waals surface area contributed by atoms with Crippen LogP contribution in [-0.4, -0.2) is 99.2 Å². The number of aliphatic hydroxyl groups excluding tert-OH is 4. The van der Waals surface area contributed by atoms with Crippen LogP contribution in [0.4, 0.5) is 0 Å². The highest BCUT2D eigenvalue weighted by molar-refractivity contribution is 5.90. The number of aliphatic hydroxyl groups is 4. The van der Waals surface area contributed by atoms with E-state index < -0.39 is 66.6 Å². The first-order valence-corrected chi connectivity index (χ1v) is 9.51. The van der Waals surface area contributed by atoms with E-state index in [0.29, 0.717) is 6.41 Å². The fourth-order valence-corrected chi connectivity index (χ4v) is 2.95. The molecule has 7 atom stereocenters. The van der Waals surface area contributed by atoms with Crippen LogP contribution in [0.1, 0.15) is 11.5 Å². The Morgan fingerprint density at radius 3 is 2.12 bits per heavy atom. The number of ketones is 1. The lowest BCUT2D eigenvalue weighted by molar-refractivity contribution is -0.148. The number of carboxylic acids is 1. The van der Waals surface area contributed by atoms with E-state index in [2.05, 4.69) is 10.6 Å². The fourth-order valence-electron chi connectivity index (χ4n) is 2.95. The van der Waals surface area contributed by atoms with Gasteiger partial charge in [-0.1, -0.05) is 30.3 Å². The van der Waals surface area contributed by atoms with E-state index in [1.807, 2.05) is 0 Å². The van der Waals surface area contributed by atoms with Gasteiger partial charge < -0.3 is 47.6 Å². The van der Waals surface area contributed by atoms with Crippen molar-refractivity contribution in [2.45, 2.75) is 42.4 Å². The molecular formula is C19H28N4O9. The maximum atomic E-state index is 12.6. The van der Waals surface area contributed by atoms with Crippen molar-refractivity contribution >= 4 is 24.1 Å². The van der Waals surface area contributed by atoms with Gasteiger partial charge in [-0.15, -0.1) is 0 Å². The molecule has 2 amide bonds. The van der Waals surface area contributed by atoms with Crippen LogP contribution in [0.3, 0.4) is 0 Å². The summed E-state index contributed by atoms with van der Waals surface area (Å²) in [5, 5.41) is 54.1. The number of Topliss-reactive ketones (excluding diaryl/α,β-unsaturated/α-hetero) is 1. The largest absolute Gasteiger partial charge is 0.480 e. The summed E-state index contributed by atoms with van der Waals surface area (Å²) < 4.78 is 0. The van der Waals surface area contributed by atoms with Gasteiger partial charge in [0.25, 0.3) is 0 Å². The van der Waals surface area contributed by atoms with Crippen molar-refractivity contribution in [1.82, 2.24) is 10.6 Å². The maximum Gasteiger partial charge on any atom is 0.321 e. The number of hydrogen-bond acceptors (Lipinski definition) is 10. The van der Waals surface area contributed by atoms with E-state index in [9.17, 15) is 44.7 Å². The van der Waals surface area contributed by atoms with Crippen LogP contribution in [0.15, 0.2) is 30.3 Å². The summed E-state index contributed by atoms with van der Waals surface area (Å²) in [5.41, 5.74) is 11.4. The number of nitrogens with one attached hydrogen (secondary N) is 2. The molecule has 0 fully saturated rings. The van der Waals surface area contributed by atoms with Gasteiger partial charge in [-0.2, -0.15) is 0 Å². The fraction of sp³-hybridized carbons (Fsp3) is 0.474. The molecule has 1 aromatic carbocycles. The van der Waals surface area contributed by atoms with Gasteiger partial charge in [-0.05, 0) is 5.56 Å². The predicted molar refractivity (Wildman–Crippen MR) is 109 cm³/mol. The summed E-state index contributed by atoms with van der Waals surface area (Å²) in [5.74, 6) is -5.26. The standard InChI is InChI=1S/C19H28N4O9/c20-10(6-22-8-25)18(30)23-11(7-24)14(26)16(28)17(29)15(27)12(13(21)19(31)32)9-4-2-1-3-5-9/h1-5,8,10-16,24,26-28H,6-7,20-21H2,(H,22,25)(H,23,30)(H,31,32)/t10-,11-,12?,13-,14+,15?,16+/m0/s1. The lowest BCUT2D eigenvalue weighted by Gasteiger charge is -2.30. The molecule has 11 N–H and O–H groups in total. The zero-order chi connectivity index (χ0) is 24.4. The van der Waals surface area contributed by atoms with Crippen LogP contribution in [0.5, 0.6) is 0 Å². The Bertz CT molecular complexity index is 779. The quantitative estimate of drug-likeness (QED) is 0.120. The number of carbonyl (C=O) groups excluding carboxylic acids is 3. The molecule has 0 aliphatic carbocycles. The molecule has 1 rings (SSSR count). The summed E-state index contributed by atoms with van der Waals surface area (Å²) in [6.07, 6.45) is -6.24. The highest BCUT2D eigenvalue weighted by Gasteiger charge is 2.42. The molecule has 0 aromatic heterocycles. The van der Waals surface area contributed by atoms with Gasteiger partial charge >= 0.3 is 5.97 Å². The van der Waals surface area contributed by atoms with Gasteiger partial charge in [0.1, 0.15) is 30.4 Å². The predicted octanol–water partition coefficient (Wildman–Crippen LogP) is -4.62. The smallest absolute Gasteiger partial charge is 0.321 e. The average Bonchev–Trinajstić information content (AvgIpc) is 2.79. The zero-order valence-electron chi connectivity index (χ0n) is 16.9. The van der Waals surface area contributed by atoms with E-state index in [4.69, 9.17) is 11.5 Å². The van der Waals surface area contributed by atoms with Crippen molar-refractivity contribution in [3.8, 4) is 0 Å². The number of carbonyl (C=O) groups is 4. The Kier molecular flexibility index (Phi) is 10.8. The molecule has 13 heteroatoms. The maximum absolute atomic E-state index is 12.6. The van der Waals surface area contributed by atoms with Crippen LogP contribution in [0.25, 0.3) is 0 Å². The van der Waals surface area contributed by atoms with Gasteiger partial charge in [0, 0.05) is 12.5 Å². The second-order valence-electron chi connectivity index (χ2n) is 7.01. The third-order valence-corrected chi connectivity index (χ3v) is 4.80. The second kappa shape index (κ2) is 12.8. The second-order valence-corrected chi connectivity index (χ2v) is 7.01. The Labute approximate surface area is 183 Å². The Hall–Kier alpha value is -2.94. The van der Waals surface area contributed by atoms with Crippen molar-refractivity contribution in [3.05, 3.63) is 35.9 Å². The van der Waals surface area contributed by atoms with Gasteiger partial charge in [-0.3, -0.25) is 19.2 Å². The summed E-state index contributed by atoms with van der Waals surface area (Å²) in [6.45, 7) is -1.17. The van der Waals surface area contributed by atoms with Crippen molar-refractivity contribution in [3.63, 3.8) is 0 Å². The Morgan fingerprint density at radius 2 is 1.62 bits per heavy atom. The molecule has 0 spiro atoms. The van der Waals surface area contributed by atoms with E-state index in [-0.39, 0.29) is 12.1 Å². The normalized spacial score (nSPS) is 17.7. The molecule has 13 nitrogen and oxygen atoms in total. The average molecular weight is 456 g/mol. The van der Waals surface area contributed by atoms with Crippen LogP contribution in [-0.2, 0) is 19.2 Å². The molecule has 0 saturated carbocycles. The number of aliphatic carboxylic acids is 1. The molecule has 1 aromatic rings. The molecule has 0 heterocycles. The molecule has 178 valence electrons. The molecule has 0 saturated heterocycles. The minimum Gasteiger partial charge on any atom is -0.480 e. The number of carboxylic acid groups (broad SMARTS) is 1. The Balaban J connectivity index is 3.01. The van der Waals surface area contributed by atoms with Crippen molar-refractivity contribution in [1.29, 1.82) is 0 Å². The lowest BCUT2D eigenvalue weighted by atomic mass is 9.83. The Morgan fingerprint density at radius 1 is 1.03 bits per heavy atom. The number of nitrogens with two attached hydrogens (primary N) is 2. The lowest BCUT2D eigenvalue weighted by Crippen LogP contribution is -2.58. The third kappa shape index (κ3) is 7.05. The summed E-state index contributed by atoms with van der Waals surface area (Å²) >= 11 is 0. The van der Waals surface area contributed by atoms with Crippen molar-refractivity contribution in [2.24, 2.45) is 11.5 Å². The number of hydrogen-bond donors (Lipinski definition) is 9.